The molecule has 2 aromatic carbocycles. The van der Waals surface area contributed by atoms with Crippen LogP contribution in [0.15, 0.2) is 65.5 Å². The Morgan fingerprint density at radius 2 is 1.64 bits per heavy atom. The molecule has 0 radical (unpaired) electrons. The lowest BCUT2D eigenvalue weighted by Crippen LogP contribution is -2.44. The number of carboxylic acid groups (broad SMARTS) is 1. The van der Waals surface area contributed by atoms with E-state index >= 15 is 0 Å². The van der Waals surface area contributed by atoms with Crippen LogP contribution >= 0.6 is 11.8 Å². The van der Waals surface area contributed by atoms with Gasteiger partial charge in [0, 0.05) is 17.7 Å². The Balaban J connectivity index is 2.20. The Kier molecular flexibility index (Phi) is 8.43. The highest BCUT2D eigenvalue weighted by molar-refractivity contribution is 7.99. The van der Waals surface area contributed by atoms with Gasteiger partial charge >= 0.3 is 5.97 Å². The van der Waals surface area contributed by atoms with Crippen LogP contribution in [-0.4, -0.2) is 44.3 Å². The molecule has 0 bridgehead atoms. The zero-order valence-electron chi connectivity index (χ0n) is 18.7. The van der Waals surface area contributed by atoms with Gasteiger partial charge in [0.2, 0.25) is 0 Å². The van der Waals surface area contributed by atoms with Gasteiger partial charge in [-0.2, -0.15) is 16.9 Å². The molecule has 172 valence electrons. The van der Waals surface area contributed by atoms with Crippen LogP contribution < -0.4 is 10.9 Å². The minimum Gasteiger partial charge on any atom is -0.480 e. The summed E-state index contributed by atoms with van der Waals surface area (Å²) in [5.41, 5.74) is 1.62. The minimum atomic E-state index is -1.13. The standard InChI is InChI=1S/C25H27N3O4S/c1-3-28-24(30)21(23(29)26-19(25(31)32)15-16-33-4-2)20(17-11-7-5-8-12-17)22(27-28)18-13-9-6-10-14-18/h5-14,19H,3-4,15-16H2,1-2H3,(H,26,29)(H,31,32). The maximum Gasteiger partial charge on any atom is 0.326 e. The molecule has 1 aromatic heterocycles. The number of thioether (sulfide) groups is 1. The van der Waals surface area contributed by atoms with E-state index in [1.54, 1.807) is 18.7 Å². The van der Waals surface area contributed by atoms with Crippen molar-refractivity contribution in [3.05, 3.63) is 76.6 Å². The fraction of sp³-hybridized carbons (Fsp3) is 0.280. The van der Waals surface area contributed by atoms with Crippen molar-refractivity contribution < 1.29 is 14.7 Å². The van der Waals surface area contributed by atoms with Crippen LogP contribution in [0.25, 0.3) is 22.4 Å². The third kappa shape index (κ3) is 5.70. The van der Waals surface area contributed by atoms with E-state index < -0.39 is 23.5 Å². The molecule has 1 heterocycles. The highest BCUT2D eigenvalue weighted by Crippen LogP contribution is 2.32. The summed E-state index contributed by atoms with van der Waals surface area (Å²) < 4.78 is 1.24. The van der Waals surface area contributed by atoms with Crippen molar-refractivity contribution in [1.82, 2.24) is 15.1 Å². The molecule has 2 N–H and O–H groups in total. The Morgan fingerprint density at radius 3 is 2.18 bits per heavy atom. The first-order chi connectivity index (χ1) is 16.0. The van der Waals surface area contributed by atoms with Crippen LogP contribution in [0.4, 0.5) is 0 Å². The molecule has 0 aliphatic heterocycles. The second-order valence-electron chi connectivity index (χ2n) is 7.30. The molecule has 3 rings (SSSR count). The zero-order valence-corrected chi connectivity index (χ0v) is 19.5. The van der Waals surface area contributed by atoms with Gasteiger partial charge in [-0.1, -0.05) is 67.6 Å². The van der Waals surface area contributed by atoms with Crippen molar-refractivity contribution in [3.8, 4) is 22.4 Å². The van der Waals surface area contributed by atoms with Crippen molar-refractivity contribution in [1.29, 1.82) is 0 Å². The topological polar surface area (TPSA) is 101 Å². The third-order valence-corrected chi connectivity index (χ3v) is 6.08. The van der Waals surface area contributed by atoms with E-state index in [-0.39, 0.29) is 18.5 Å². The lowest BCUT2D eigenvalue weighted by Gasteiger charge is -2.19. The number of carbonyl (C=O) groups is 2. The molecule has 0 saturated heterocycles. The summed E-state index contributed by atoms with van der Waals surface area (Å²) in [4.78, 5) is 38.5. The molecule has 0 spiro atoms. The van der Waals surface area contributed by atoms with Crippen LogP contribution in [0, 0.1) is 0 Å². The number of benzene rings is 2. The van der Waals surface area contributed by atoms with Gasteiger partial charge in [0.05, 0.1) is 5.69 Å². The van der Waals surface area contributed by atoms with Gasteiger partial charge in [0.15, 0.2) is 0 Å². The van der Waals surface area contributed by atoms with Crippen LogP contribution in [0.1, 0.15) is 30.6 Å². The molecular formula is C25H27N3O4S. The molecular weight excluding hydrogens is 438 g/mol. The number of nitrogens with zero attached hydrogens (tertiary/aromatic N) is 2. The smallest absolute Gasteiger partial charge is 0.326 e. The highest BCUT2D eigenvalue weighted by Gasteiger charge is 2.28. The molecule has 33 heavy (non-hydrogen) atoms. The summed E-state index contributed by atoms with van der Waals surface area (Å²) >= 11 is 1.60. The summed E-state index contributed by atoms with van der Waals surface area (Å²) in [5, 5.41) is 16.8. The minimum absolute atomic E-state index is 0.105. The van der Waals surface area contributed by atoms with Gasteiger partial charge in [-0.25, -0.2) is 9.48 Å². The number of aryl methyl sites for hydroxylation is 1. The fourth-order valence-electron chi connectivity index (χ4n) is 3.51. The molecule has 0 aliphatic carbocycles. The van der Waals surface area contributed by atoms with Crippen LogP contribution in [-0.2, 0) is 11.3 Å². The molecule has 0 saturated carbocycles. The first-order valence-electron chi connectivity index (χ1n) is 10.8. The van der Waals surface area contributed by atoms with Gasteiger partial charge < -0.3 is 10.4 Å². The predicted molar refractivity (Wildman–Crippen MR) is 132 cm³/mol. The number of hydrogen-bond acceptors (Lipinski definition) is 5. The average Bonchev–Trinajstić information content (AvgIpc) is 2.84. The molecule has 0 fully saturated rings. The first kappa shape index (κ1) is 24.3. The number of nitrogens with one attached hydrogen (secondary N) is 1. The molecule has 1 atom stereocenters. The van der Waals surface area contributed by atoms with E-state index in [4.69, 9.17) is 0 Å². The Labute approximate surface area is 196 Å². The number of aliphatic carboxylic acids is 1. The number of aromatic nitrogens is 2. The van der Waals surface area contributed by atoms with Crippen molar-refractivity contribution >= 4 is 23.6 Å². The van der Waals surface area contributed by atoms with Crippen LogP contribution in [0.5, 0.6) is 0 Å². The monoisotopic (exact) mass is 465 g/mol. The van der Waals surface area contributed by atoms with Gasteiger partial charge in [-0.05, 0) is 30.4 Å². The molecule has 8 heteroatoms. The third-order valence-electron chi connectivity index (χ3n) is 5.15. The van der Waals surface area contributed by atoms with E-state index in [0.29, 0.717) is 22.6 Å². The van der Waals surface area contributed by atoms with E-state index in [1.165, 1.54) is 4.68 Å². The van der Waals surface area contributed by atoms with Crippen molar-refractivity contribution in [3.63, 3.8) is 0 Å². The number of amides is 1. The molecule has 0 aliphatic rings. The number of rotatable bonds is 10. The SMILES string of the molecule is CCSCCC(NC(=O)c1c(-c2ccccc2)c(-c2ccccc2)nn(CC)c1=O)C(=O)O. The summed E-state index contributed by atoms with van der Waals surface area (Å²) in [7, 11) is 0. The molecule has 3 aromatic rings. The summed E-state index contributed by atoms with van der Waals surface area (Å²) in [6, 6.07) is 17.3. The van der Waals surface area contributed by atoms with E-state index in [0.717, 1.165) is 11.3 Å². The van der Waals surface area contributed by atoms with Crippen molar-refractivity contribution in [2.75, 3.05) is 11.5 Å². The highest BCUT2D eigenvalue weighted by atomic mass is 32.2. The van der Waals surface area contributed by atoms with Gasteiger partial charge in [0.25, 0.3) is 11.5 Å². The normalized spacial score (nSPS) is 11.7. The lowest BCUT2D eigenvalue weighted by molar-refractivity contribution is -0.139. The van der Waals surface area contributed by atoms with Crippen LogP contribution in [0.3, 0.4) is 0 Å². The largest absolute Gasteiger partial charge is 0.480 e. The van der Waals surface area contributed by atoms with Gasteiger partial charge in [0.1, 0.15) is 11.6 Å². The number of carbonyl (C=O) groups excluding carboxylic acids is 1. The van der Waals surface area contributed by atoms with E-state index in [2.05, 4.69) is 10.4 Å². The maximum atomic E-state index is 13.4. The molecule has 1 unspecified atom stereocenters. The second kappa shape index (κ2) is 11.5. The second-order valence-corrected chi connectivity index (χ2v) is 8.70. The number of hydrogen-bond donors (Lipinski definition) is 2. The van der Waals surface area contributed by atoms with Crippen molar-refractivity contribution in [2.45, 2.75) is 32.9 Å². The predicted octanol–water partition coefficient (Wildman–Crippen LogP) is 3.92. The first-order valence-corrected chi connectivity index (χ1v) is 12.0. The Morgan fingerprint density at radius 1 is 1.03 bits per heavy atom. The summed E-state index contributed by atoms with van der Waals surface area (Å²) in [6.07, 6.45) is 0.263. The fourth-order valence-corrected chi connectivity index (χ4v) is 4.20. The quantitative estimate of drug-likeness (QED) is 0.440. The van der Waals surface area contributed by atoms with Crippen molar-refractivity contribution in [2.24, 2.45) is 0 Å². The van der Waals surface area contributed by atoms with E-state index in [9.17, 15) is 19.5 Å². The summed E-state index contributed by atoms with van der Waals surface area (Å²) in [6.45, 7) is 4.03. The molecule has 1 amide bonds. The average molecular weight is 466 g/mol. The van der Waals surface area contributed by atoms with Gasteiger partial charge in [-0.15, -0.1) is 0 Å². The zero-order chi connectivity index (χ0) is 23.8. The lowest BCUT2D eigenvalue weighted by atomic mass is 9.95. The van der Waals surface area contributed by atoms with Crippen LogP contribution in [0.2, 0.25) is 0 Å². The van der Waals surface area contributed by atoms with Gasteiger partial charge in [-0.3, -0.25) is 9.59 Å². The summed E-state index contributed by atoms with van der Waals surface area (Å²) in [5.74, 6) is -0.404. The maximum absolute atomic E-state index is 13.4. The Hall–Kier alpha value is -3.39. The Bertz CT molecular complexity index is 1160. The molecule has 7 nitrogen and oxygen atoms in total. The van der Waals surface area contributed by atoms with E-state index in [1.807, 2.05) is 67.6 Å². The number of carboxylic acids is 1.